The van der Waals surface area contributed by atoms with Gasteiger partial charge in [0.2, 0.25) is 0 Å². The van der Waals surface area contributed by atoms with E-state index in [0.717, 1.165) is 5.56 Å². The molecule has 2 N–H and O–H groups in total. The highest BCUT2D eigenvalue weighted by atomic mass is 16.4. The Balaban J connectivity index is 2.50. The van der Waals surface area contributed by atoms with Crippen LogP contribution in [0, 0.1) is 6.92 Å². The molecule has 0 fully saturated rings. The Kier molecular flexibility index (Phi) is 3.32. The van der Waals surface area contributed by atoms with Crippen LogP contribution in [0.15, 0.2) is 18.5 Å². The molecule has 0 atom stereocenters. The van der Waals surface area contributed by atoms with Gasteiger partial charge in [0.1, 0.15) is 25.2 Å². The van der Waals surface area contributed by atoms with Crippen LogP contribution in [0.25, 0.3) is 5.65 Å². The van der Waals surface area contributed by atoms with Gasteiger partial charge >= 0.3 is 11.9 Å². The number of rotatable bonds is 5. The number of hydrogen-bond donors (Lipinski definition) is 2. The second-order valence-electron chi connectivity index (χ2n) is 4.06. The number of hydrogen-bond acceptors (Lipinski definition) is 5. The zero-order chi connectivity index (χ0) is 14.0. The molecule has 0 aliphatic rings. The zero-order valence-corrected chi connectivity index (χ0v) is 10.1. The summed E-state index contributed by atoms with van der Waals surface area (Å²) >= 11 is 0. The van der Waals surface area contributed by atoms with Gasteiger partial charge < -0.3 is 15.1 Å². The molecule has 2 aromatic heterocycles. The van der Waals surface area contributed by atoms with Crippen LogP contribution < -0.4 is 4.90 Å². The van der Waals surface area contributed by atoms with Gasteiger partial charge in [0.05, 0.1) is 0 Å². The smallest absolute Gasteiger partial charge is 0.323 e. The van der Waals surface area contributed by atoms with Gasteiger partial charge in [-0.1, -0.05) is 0 Å². The number of anilines is 1. The molecule has 0 aliphatic heterocycles. The molecule has 0 bridgehead atoms. The van der Waals surface area contributed by atoms with E-state index in [-0.39, 0.29) is 0 Å². The van der Waals surface area contributed by atoms with Crippen molar-refractivity contribution in [1.29, 1.82) is 0 Å². The molecule has 0 radical (unpaired) electrons. The Morgan fingerprint density at radius 2 is 1.89 bits per heavy atom. The summed E-state index contributed by atoms with van der Waals surface area (Å²) in [6.07, 6.45) is 1.33. The summed E-state index contributed by atoms with van der Waals surface area (Å²) in [5.41, 5.74) is 1.38. The lowest BCUT2D eigenvalue weighted by Gasteiger charge is -2.21. The first-order chi connectivity index (χ1) is 8.97. The third-order valence-electron chi connectivity index (χ3n) is 2.48. The van der Waals surface area contributed by atoms with E-state index in [1.165, 1.54) is 15.7 Å². The van der Waals surface area contributed by atoms with Crippen molar-refractivity contribution in [2.45, 2.75) is 6.92 Å². The van der Waals surface area contributed by atoms with E-state index in [4.69, 9.17) is 10.2 Å². The number of nitrogens with zero attached hydrogens (tertiary/aromatic N) is 4. The second-order valence-corrected chi connectivity index (χ2v) is 4.06. The minimum Gasteiger partial charge on any atom is -0.480 e. The highest BCUT2D eigenvalue weighted by Gasteiger charge is 2.18. The maximum absolute atomic E-state index is 10.8. The van der Waals surface area contributed by atoms with Crippen molar-refractivity contribution in [3.05, 3.63) is 24.0 Å². The molecule has 19 heavy (non-hydrogen) atoms. The molecule has 0 unspecified atom stereocenters. The molecule has 8 heteroatoms. The topological polar surface area (TPSA) is 108 Å². The van der Waals surface area contributed by atoms with Gasteiger partial charge in [-0.2, -0.15) is 9.61 Å². The Hall–Kier alpha value is -2.64. The first kappa shape index (κ1) is 12.8. The zero-order valence-electron chi connectivity index (χ0n) is 10.1. The lowest BCUT2D eigenvalue weighted by molar-refractivity contribution is -0.136. The first-order valence-electron chi connectivity index (χ1n) is 5.46. The Morgan fingerprint density at radius 1 is 1.26 bits per heavy atom. The third-order valence-corrected chi connectivity index (χ3v) is 2.48. The number of carbonyl (C=O) groups is 2. The standard InChI is InChI=1S/C11H12N4O4/c1-7-2-8-12-6-13-15(8)9(3-7)14(4-10(16)17)5-11(18)19/h2-3,6H,4-5H2,1H3,(H,16,17)(H,18,19). The number of aryl methyl sites for hydroxylation is 1. The molecule has 2 aromatic rings. The van der Waals surface area contributed by atoms with Gasteiger partial charge in [0.15, 0.2) is 5.65 Å². The summed E-state index contributed by atoms with van der Waals surface area (Å²) < 4.78 is 1.42. The van der Waals surface area contributed by atoms with E-state index in [1.54, 1.807) is 12.1 Å². The second kappa shape index (κ2) is 4.92. The van der Waals surface area contributed by atoms with Crippen LogP contribution in [0.4, 0.5) is 5.82 Å². The summed E-state index contributed by atoms with van der Waals surface area (Å²) in [5.74, 6) is -1.84. The Labute approximate surface area is 107 Å². The van der Waals surface area contributed by atoms with Gasteiger partial charge in [-0.15, -0.1) is 0 Å². The van der Waals surface area contributed by atoms with Crippen molar-refractivity contribution in [2.24, 2.45) is 0 Å². The number of pyridine rings is 1. The molecular formula is C11H12N4O4. The molecule has 2 rings (SSSR count). The molecule has 8 nitrogen and oxygen atoms in total. The maximum atomic E-state index is 10.8. The highest BCUT2D eigenvalue weighted by Crippen LogP contribution is 2.17. The van der Waals surface area contributed by atoms with Crippen LogP contribution in [0.5, 0.6) is 0 Å². The van der Waals surface area contributed by atoms with E-state index in [1.807, 2.05) is 6.92 Å². The van der Waals surface area contributed by atoms with E-state index < -0.39 is 25.0 Å². The van der Waals surface area contributed by atoms with Gasteiger partial charge in [-0.3, -0.25) is 9.59 Å². The SMILES string of the molecule is Cc1cc(N(CC(=O)O)CC(=O)O)n2ncnc2c1. The minimum atomic E-state index is -1.11. The molecule has 0 amide bonds. The highest BCUT2D eigenvalue weighted by molar-refractivity contribution is 5.79. The predicted molar refractivity (Wildman–Crippen MR) is 65.2 cm³/mol. The minimum absolute atomic E-state index is 0.386. The van der Waals surface area contributed by atoms with Crippen molar-refractivity contribution < 1.29 is 19.8 Å². The van der Waals surface area contributed by atoms with Crippen LogP contribution in [0.3, 0.4) is 0 Å². The van der Waals surface area contributed by atoms with Gasteiger partial charge in [-0.05, 0) is 24.6 Å². The molecule has 2 heterocycles. The Bertz CT molecular complexity index is 621. The van der Waals surface area contributed by atoms with Crippen LogP contribution in [-0.4, -0.2) is 49.8 Å². The maximum Gasteiger partial charge on any atom is 0.323 e. The molecule has 0 saturated carbocycles. The number of aliphatic carboxylic acids is 2. The average molecular weight is 264 g/mol. The third kappa shape index (κ3) is 2.79. The fourth-order valence-corrected chi connectivity index (χ4v) is 1.81. The first-order valence-corrected chi connectivity index (χ1v) is 5.46. The van der Waals surface area contributed by atoms with Crippen molar-refractivity contribution >= 4 is 23.4 Å². The fourth-order valence-electron chi connectivity index (χ4n) is 1.81. The van der Waals surface area contributed by atoms with Crippen molar-refractivity contribution in [2.75, 3.05) is 18.0 Å². The van der Waals surface area contributed by atoms with E-state index in [2.05, 4.69) is 10.1 Å². The van der Waals surface area contributed by atoms with Gasteiger partial charge in [-0.25, -0.2) is 4.98 Å². The summed E-state index contributed by atoms with van der Waals surface area (Å²) in [6, 6.07) is 3.45. The predicted octanol–water partition coefficient (Wildman–Crippen LogP) is 0.0133. The summed E-state index contributed by atoms with van der Waals surface area (Å²) in [7, 11) is 0. The molecular weight excluding hydrogens is 252 g/mol. The molecule has 0 spiro atoms. The quantitative estimate of drug-likeness (QED) is 0.783. The lowest BCUT2D eigenvalue weighted by atomic mass is 10.2. The summed E-state index contributed by atoms with van der Waals surface area (Å²) in [5, 5.41) is 21.7. The monoisotopic (exact) mass is 264 g/mol. The number of aromatic nitrogens is 3. The summed E-state index contributed by atoms with van der Waals surface area (Å²) in [4.78, 5) is 26.9. The molecule has 0 aliphatic carbocycles. The number of carboxylic acid groups (broad SMARTS) is 2. The van der Waals surface area contributed by atoms with Crippen LogP contribution in [0.2, 0.25) is 0 Å². The normalized spacial score (nSPS) is 10.6. The lowest BCUT2D eigenvalue weighted by Crippen LogP contribution is -2.35. The van der Waals surface area contributed by atoms with Crippen LogP contribution in [-0.2, 0) is 9.59 Å². The largest absolute Gasteiger partial charge is 0.480 e. The van der Waals surface area contributed by atoms with Gasteiger partial charge in [0, 0.05) is 0 Å². The van der Waals surface area contributed by atoms with Gasteiger partial charge in [0.25, 0.3) is 0 Å². The van der Waals surface area contributed by atoms with Crippen LogP contribution in [0.1, 0.15) is 5.56 Å². The molecule has 0 aromatic carbocycles. The van der Waals surface area contributed by atoms with E-state index >= 15 is 0 Å². The number of fused-ring (bicyclic) bond motifs is 1. The van der Waals surface area contributed by atoms with E-state index in [0.29, 0.717) is 11.5 Å². The van der Waals surface area contributed by atoms with Crippen molar-refractivity contribution in [3.8, 4) is 0 Å². The van der Waals surface area contributed by atoms with Crippen molar-refractivity contribution in [1.82, 2.24) is 14.6 Å². The molecule has 100 valence electrons. The fraction of sp³-hybridized carbons (Fsp3) is 0.273. The van der Waals surface area contributed by atoms with Crippen LogP contribution >= 0.6 is 0 Å². The van der Waals surface area contributed by atoms with E-state index in [9.17, 15) is 9.59 Å². The average Bonchev–Trinajstić information content (AvgIpc) is 2.73. The summed E-state index contributed by atoms with van der Waals surface area (Å²) in [6.45, 7) is 0.966. The number of carboxylic acids is 2. The Morgan fingerprint density at radius 3 is 2.47 bits per heavy atom. The van der Waals surface area contributed by atoms with Crippen molar-refractivity contribution in [3.63, 3.8) is 0 Å². The molecule has 0 saturated heterocycles.